The summed E-state index contributed by atoms with van der Waals surface area (Å²) in [4.78, 5) is 42.4. The van der Waals surface area contributed by atoms with Crippen molar-refractivity contribution in [3.05, 3.63) is 47.2 Å². The summed E-state index contributed by atoms with van der Waals surface area (Å²) in [6, 6.07) is 9.29. The second-order valence-corrected chi connectivity index (χ2v) is 12.6. The lowest BCUT2D eigenvalue weighted by Gasteiger charge is -2.16. The normalized spacial score (nSPS) is 14.2. The van der Waals surface area contributed by atoms with Gasteiger partial charge in [-0.05, 0) is 43.0 Å². The Balaban J connectivity index is 1.63. The largest absolute Gasteiger partial charge is 0.387 e. The second kappa shape index (κ2) is 11.8. The second-order valence-electron chi connectivity index (χ2n) is 9.32. The first-order chi connectivity index (χ1) is 18.5. The van der Waals surface area contributed by atoms with Gasteiger partial charge >= 0.3 is 0 Å². The number of hydrogen-bond acceptors (Lipinski definition) is 8. The number of sulfone groups is 1. The first kappa shape index (κ1) is 28.6. The highest BCUT2D eigenvalue weighted by Crippen LogP contribution is 2.36. The van der Waals surface area contributed by atoms with E-state index in [4.69, 9.17) is 5.11 Å². The van der Waals surface area contributed by atoms with Crippen molar-refractivity contribution in [3.8, 4) is 11.1 Å². The molecule has 1 heterocycles. The number of likely N-dealkylation sites (N-methyl/N-ethyl adjacent to an activating group) is 1. The average Bonchev–Trinajstić information content (AvgIpc) is 3.63. The van der Waals surface area contributed by atoms with E-state index in [1.54, 1.807) is 31.2 Å². The molecule has 0 spiro atoms. The number of hydrogen-bond donors (Lipinski definition) is 3. The summed E-state index contributed by atoms with van der Waals surface area (Å²) in [5.41, 5.74) is 1.46. The van der Waals surface area contributed by atoms with Gasteiger partial charge < -0.3 is 20.6 Å². The number of benzene rings is 2. The van der Waals surface area contributed by atoms with Crippen molar-refractivity contribution in [2.24, 2.45) is 0 Å². The van der Waals surface area contributed by atoms with Gasteiger partial charge in [0.1, 0.15) is 17.4 Å². The zero-order valence-electron chi connectivity index (χ0n) is 21.4. The quantitative estimate of drug-likeness (QED) is 0.318. The Kier molecular flexibility index (Phi) is 8.62. The summed E-state index contributed by atoms with van der Waals surface area (Å²) in [7, 11) is -2.45. The van der Waals surface area contributed by atoms with Crippen LogP contribution in [0.3, 0.4) is 0 Å². The number of carbonyl (C=O) groups excluding carboxylic acids is 3. The summed E-state index contributed by atoms with van der Waals surface area (Å²) < 4.78 is 41.8. The molecule has 10 nitrogen and oxygen atoms in total. The molecule has 1 unspecified atom stereocenters. The number of rotatable bonds is 11. The topological polar surface area (TPSA) is 146 Å². The first-order valence-electron chi connectivity index (χ1n) is 12.4. The van der Waals surface area contributed by atoms with Crippen LogP contribution in [0.4, 0.5) is 10.1 Å². The molecule has 3 aromatic rings. The number of aliphatic hydroxyl groups is 1. The van der Waals surface area contributed by atoms with Crippen LogP contribution in [-0.2, 0) is 24.2 Å². The molecule has 39 heavy (non-hydrogen) atoms. The number of carbonyl (C=O) groups is 3. The predicted molar refractivity (Wildman–Crippen MR) is 147 cm³/mol. The summed E-state index contributed by atoms with van der Waals surface area (Å²) in [5, 5.41) is 12.6. The molecule has 0 aliphatic heterocycles. The van der Waals surface area contributed by atoms with Gasteiger partial charge in [-0.1, -0.05) is 19.1 Å². The Morgan fingerprint density at radius 3 is 2.51 bits per heavy atom. The van der Waals surface area contributed by atoms with E-state index in [2.05, 4.69) is 15.6 Å². The fourth-order valence-corrected chi connectivity index (χ4v) is 7.14. The molecule has 0 bridgehead atoms. The smallest absolute Gasteiger partial charge is 0.252 e. The minimum atomic E-state index is -3.97. The third kappa shape index (κ3) is 6.60. The van der Waals surface area contributed by atoms with Crippen LogP contribution >= 0.6 is 11.3 Å². The zero-order valence-corrected chi connectivity index (χ0v) is 23.1. The number of nitrogens with one attached hydrogen (secondary N) is 2. The third-order valence-corrected chi connectivity index (χ3v) is 9.61. The highest BCUT2D eigenvalue weighted by Gasteiger charge is 2.37. The van der Waals surface area contributed by atoms with E-state index < -0.39 is 45.2 Å². The van der Waals surface area contributed by atoms with Crippen LogP contribution in [0.5, 0.6) is 0 Å². The Morgan fingerprint density at radius 1 is 1.21 bits per heavy atom. The minimum Gasteiger partial charge on any atom is -0.387 e. The highest BCUT2D eigenvalue weighted by molar-refractivity contribution is 7.92. The number of anilines is 1. The number of thiazole rings is 1. The molecule has 1 saturated carbocycles. The molecule has 1 aliphatic carbocycles. The average molecular weight is 577 g/mol. The lowest BCUT2D eigenvalue weighted by molar-refractivity contribution is -0.126. The Labute approximate surface area is 229 Å². The fourth-order valence-electron chi connectivity index (χ4n) is 4.01. The van der Waals surface area contributed by atoms with Gasteiger partial charge in [0.15, 0.2) is 15.1 Å². The Bertz CT molecular complexity index is 1500. The van der Waals surface area contributed by atoms with E-state index in [0.717, 1.165) is 24.2 Å². The van der Waals surface area contributed by atoms with Gasteiger partial charge in [-0.3, -0.25) is 14.4 Å². The van der Waals surface area contributed by atoms with Crippen molar-refractivity contribution in [1.29, 1.82) is 0 Å². The highest BCUT2D eigenvalue weighted by atomic mass is 32.2. The molecule has 2 aromatic carbocycles. The van der Waals surface area contributed by atoms with E-state index in [1.165, 1.54) is 24.1 Å². The van der Waals surface area contributed by atoms with Crippen molar-refractivity contribution < 1.29 is 32.3 Å². The molecule has 0 radical (unpaired) electrons. The van der Waals surface area contributed by atoms with Crippen molar-refractivity contribution >= 4 is 54.8 Å². The molecular formula is C26H29FN4O6S2. The van der Waals surface area contributed by atoms with E-state index in [-0.39, 0.29) is 40.8 Å². The van der Waals surface area contributed by atoms with Crippen molar-refractivity contribution in [3.63, 3.8) is 0 Å². The van der Waals surface area contributed by atoms with Gasteiger partial charge in [0.05, 0.1) is 22.5 Å². The maximum Gasteiger partial charge on any atom is 0.252 e. The van der Waals surface area contributed by atoms with Crippen molar-refractivity contribution in [1.82, 2.24) is 15.6 Å². The van der Waals surface area contributed by atoms with Crippen molar-refractivity contribution in [2.75, 3.05) is 30.9 Å². The van der Waals surface area contributed by atoms with Crippen LogP contribution in [0.15, 0.2) is 36.4 Å². The first-order valence-corrected chi connectivity index (χ1v) is 14.9. The molecule has 0 saturated heterocycles. The maximum absolute atomic E-state index is 15.1. The van der Waals surface area contributed by atoms with Gasteiger partial charge in [0.2, 0.25) is 11.8 Å². The standard InChI is InChI=1S/C26H29FN4O6S2/c1-3-10-39(36,37)24(25(35)28-13-22(33)29-16-6-7-16)26-30-20-12-19(27)18(11-21(20)38-26)15-4-8-17(9-5-15)31(2)23(34)14-32/h4-5,8-9,11-12,16,24,32H,3,6-7,10,13-14H2,1-2H3,(H,28,35)(H,29,33). The molecular weight excluding hydrogens is 547 g/mol. The molecule has 4 rings (SSSR count). The number of nitrogens with zero attached hydrogens (tertiary/aromatic N) is 2. The van der Waals surface area contributed by atoms with Gasteiger partial charge in [-0.15, -0.1) is 11.3 Å². The molecule has 3 N–H and O–H groups in total. The molecule has 13 heteroatoms. The number of amides is 3. The van der Waals surface area contributed by atoms with Crippen molar-refractivity contribution in [2.45, 2.75) is 37.5 Å². The Morgan fingerprint density at radius 2 is 1.90 bits per heavy atom. The fraction of sp³-hybridized carbons (Fsp3) is 0.385. The molecule has 1 atom stereocenters. The number of aromatic nitrogens is 1. The van der Waals surface area contributed by atoms with Gasteiger partial charge in [-0.25, -0.2) is 17.8 Å². The number of fused-ring (bicyclic) bond motifs is 1. The minimum absolute atomic E-state index is 0.00501. The van der Waals surface area contributed by atoms with E-state index >= 15 is 4.39 Å². The maximum atomic E-state index is 15.1. The van der Waals surface area contributed by atoms with E-state index in [1.807, 2.05) is 0 Å². The SMILES string of the molecule is CCCS(=O)(=O)C(C(=O)NCC(=O)NC1CC1)c1nc2cc(F)c(-c3ccc(N(C)C(=O)CO)cc3)cc2s1. The van der Waals surface area contributed by atoms with Gasteiger partial charge in [0.25, 0.3) is 5.91 Å². The molecule has 3 amide bonds. The Hall–Kier alpha value is -3.42. The van der Waals surface area contributed by atoms with Crippen LogP contribution in [0, 0.1) is 5.82 Å². The third-order valence-electron chi connectivity index (χ3n) is 6.24. The predicted octanol–water partition coefficient (Wildman–Crippen LogP) is 2.32. The summed E-state index contributed by atoms with van der Waals surface area (Å²) in [6.45, 7) is 0.683. The molecule has 1 aromatic heterocycles. The lowest BCUT2D eigenvalue weighted by Crippen LogP contribution is -2.41. The molecule has 208 valence electrons. The summed E-state index contributed by atoms with van der Waals surface area (Å²) in [5.74, 6) is -2.60. The monoisotopic (exact) mass is 576 g/mol. The van der Waals surface area contributed by atoms with Crippen LogP contribution < -0.4 is 15.5 Å². The summed E-state index contributed by atoms with van der Waals surface area (Å²) in [6.07, 6.45) is 2.04. The van der Waals surface area contributed by atoms with E-state index in [9.17, 15) is 22.8 Å². The van der Waals surface area contributed by atoms with E-state index in [0.29, 0.717) is 16.0 Å². The molecule has 1 fully saturated rings. The van der Waals surface area contributed by atoms with Crippen LogP contribution in [0.1, 0.15) is 36.4 Å². The van der Waals surface area contributed by atoms with Crippen LogP contribution in [0.2, 0.25) is 0 Å². The lowest BCUT2D eigenvalue weighted by atomic mass is 10.0. The van der Waals surface area contributed by atoms with Crippen LogP contribution in [-0.4, -0.2) is 68.2 Å². The van der Waals surface area contributed by atoms with Crippen LogP contribution in [0.25, 0.3) is 21.3 Å². The molecule has 1 aliphatic rings. The van der Waals surface area contributed by atoms with Gasteiger partial charge in [-0.2, -0.15) is 0 Å². The zero-order chi connectivity index (χ0) is 28.3. The summed E-state index contributed by atoms with van der Waals surface area (Å²) >= 11 is 0.975. The number of halogens is 1. The number of aliphatic hydroxyl groups excluding tert-OH is 1. The van der Waals surface area contributed by atoms with Gasteiger partial charge in [0, 0.05) is 30.4 Å².